The van der Waals surface area contributed by atoms with E-state index in [2.05, 4.69) is 10.3 Å². The van der Waals surface area contributed by atoms with Crippen LogP contribution in [-0.2, 0) is 17.5 Å². The van der Waals surface area contributed by atoms with Crippen LogP contribution in [0, 0.1) is 0 Å². The number of nitrogens with one attached hydrogen (secondary N) is 1. The van der Waals surface area contributed by atoms with Crippen molar-refractivity contribution in [3.05, 3.63) is 65.2 Å². The third-order valence-corrected chi connectivity index (χ3v) is 5.17. The molecular weight excluding hydrogens is 411 g/mol. The number of carboxylic acids is 1. The minimum atomic E-state index is -4.58. The monoisotopic (exact) mass is 429 g/mol. The van der Waals surface area contributed by atoms with Gasteiger partial charge in [-0.15, -0.1) is 0 Å². The van der Waals surface area contributed by atoms with Gasteiger partial charge >= 0.3 is 12.1 Å². The van der Waals surface area contributed by atoms with Gasteiger partial charge in [0.25, 0.3) is 0 Å². The lowest BCUT2D eigenvalue weighted by atomic mass is 9.95. The average molecular weight is 429 g/mol. The molecular formula is C22H18F3N3O3. The molecule has 0 bridgehead atoms. The number of piperazine rings is 1. The predicted octanol–water partition coefficient (Wildman–Crippen LogP) is 3.55. The minimum absolute atomic E-state index is 0.0498. The lowest BCUT2D eigenvalue weighted by Crippen LogP contribution is -2.47. The van der Waals surface area contributed by atoms with E-state index in [0.29, 0.717) is 24.2 Å². The van der Waals surface area contributed by atoms with Crippen molar-refractivity contribution in [2.45, 2.75) is 12.7 Å². The largest absolute Gasteiger partial charge is 0.478 e. The van der Waals surface area contributed by atoms with Gasteiger partial charge in [0.15, 0.2) is 0 Å². The number of amides is 1. The predicted molar refractivity (Wildman–Crippen MR) is 107 cm³/mol. The van der Waals surface area contributed by atoms with Crippen molar-refractivity contribution in [1.29, 1.82) is 0 Å². The lowest BCUT2D eigenvalue weighted by Gasteiger charge is -2.28. The van der Waals surface area contributed by atoms with E-state index in [9.17, 15) is 27.9 Å². The summed E-state index contributed by atoms with van der Waals surface area (Å²) in [6.45, 7) is 1.17. The molecule has 0 radical (unpaired) electrons. The molecule has 1 amide bonds. The minimum Gasteiger partial charge on any atom is -0.478 e. The van der Waals surface area contributed by atoms with E-state index in [1.165, 1.54) is 0 Å². The molecule has 4 rings (SSSR count). The zero-order valence-electron chi connectivity index (χ0n) is 16.2. The van der Waals surface area contributed by atoms with Crippen molar-refractivity contribution < 1.29 is 27.9 Å². The molecule has 6 nitrogen and oxygen atoms in total. The van der Waals surface area contributed by atoms with Crippen molar-refractivity contribution in [3.63, 3.8) is 0 Å². The Morgan fingerprint density at radius 3 is 2.55 bits per heavy atom. The number of aromatic nitrogens is 1. The van der Waals surface area contributed by atoms with E-state index in [4.69, 9.17) is 0 Å². The molecule has 0 saturated carbocycles. The van der Waals surface area contributed by atoms with Crippen molar-refractivity contribution in [2.24, 2.45) is 0 Å². The topological polar surface area (TPSA) is 82.5 Å². The van der Waals surface area contributed by atoms with Gasteiger partial charge < -0.3 is 10.4 Å². The Kier molecular flexibility index (Phi) is 5.36. The summed E-state index contributed by atoms with van der Waals surface area (Å²) >= 11 is 0. The highest BCUT2D eigenvalue weighted by atomic mass is 19.4. The molecule has 31 heavy (non-hydrogen) atoms. The molecule has 160 valence electrons. The molecule has 1 saturated heterocycles. The van der Waals surface area contributed by atoms with Crippen molar-refractivity contribution in [3.8, 4) is 11.3 Å². The van der Waals surface area contributed by atoms with Gasteiger partial charge in [-0.2, -0.15) is 13.2 Å². The molecule has 0 atom stereocenters. The highest BCUT2D eigenvalue weighted by molar-refractivity contribution is 6.06. The Morgan fingerprint density at radius 1 is 1.16 bits per heavy atom. The first-order chi connectivity index (χ1) is 14.7. The van der Waals surface area contributed by atoms with Gasteiger partial charge in [-0.25, -0.2) is 9.78 Å². The number of carbonyl (C=O) groups is 2. The van der Waals surface area contributed by atoms with Crippen LogP contribution in [0.25, 0.3) is 22.2 Å². The molecule has 1 aromatic heterocycles. The number of benzene rings is 2. The number of alkyl halides is 3. The molecule has 0 spiro atoms. The Hall–Kier alpha value is -3.46. The second-order valence-corrected chi connectivity index (χ2v) is 7.28. The molecule has 1 aliphatic rings. The van der Waals surface area contributed by atoms with E-state index < -0.39 is 17.7 Å². The maximum atomic E-state index is 13.2. The molecule has 0 unspecified atom stereocenters. The van der Waals surface area contributed by atoms with E-state index >= 15 is 0 Å². The van der Waals surface area contributed by atoms with E-state index in [0.717, 1.165) is 18.2 Å². The molecule has 1 aliphatic heterocycles. The summed E-state index contributed by atoms with van der Waals surface area (Å²) in [4.78, 5) is 30.3. The number of carboxylic acid groups (broad SMARTS) is 1. The number of hydrogen-bond donors (Lipinski definition) is 2. The molecule has 2 N–H and O–H groups in total. The first-order valence-corrected chi connectivity index (χ1v) is 9.55. The molecule has 3 aromatic rings. The zero-order valence-corrected chi connectivity index (χ0v) is 16.2. The maximum Gasteiger partial charge on any atom is 0.416 e. The number of rotatable bonds is 4. The number of hydrogen-bond acceptors (Lipinski definition) is 4. The number of pyridine rings is 1. The Bertz CT molecular complexity index is 1160. The van der Waals surface area contributed by atoms with Crippen molar-refractivity contribution in [1.82, 2.24) is 15.2 Å². The fraction of sp³-hybridized carbons (Fsp3) is 0.227. The van der Waals surface area contributed by atoms with Gasteiger partial charge in [0.05, 0.1) is 28.9 Å². The van der Waals surface area contributed by atoms with Crippen LogP contribution in [0.15, 0.2) is 48.5 Å². The Labute approximate surface area is 175 Å². The fourth-order valence-electron chi connectivity index (χ4n) is 3.76. The van der Waals surface area contributed by atoms with Crippen LogP contribution < -0.4 is 5.32 Å². The number of aromatic carboxylic acids is 1. The molecule has 2 aromatic carbocycles. The summed E-state index contributed by atoms with van der Waals surface area (Å²) < 4.78 is 39.7. The van der Waals surface area contributed by atoms with Gasteiger partial charge in [0.2, 0.25) is 5.91 Å². The summed E-state index contributed by atoms with van der Waals surface area (Å²) in [5, 5.41) is 12.8. The molecule has 2 heterocycles. The van der Waals surface area contributed by atoms with Crippen molar-refractivity contribution >= 4 is 22.8 Å². The second-order valence-electron chi connectivity index (χ2n) is 7.28. The smallest absolute Gasteiger partial charge is 0.416 e. The maximum absolute atomic E-state index is 13.2. The molecule has 0 aliphatic carbocycles. The van der Waals surface area contributed by atoms with Gasteiger partial charge in [0, 0.05) is 36.1 Å². The number of fused-ring (bicyclic) bond motifs is 1. The van der Waals surface area contributed by atoms with E-state index in [1.54, 1.807) is 35.2 Å². The highest BCUT2D eigenvalue weighted by Crippen LogP contribution is 2.35. The average Bonchev–Trinajstić information content (AvgIpc) is 2.72. The van der Waals surface area contributed by atoms with Gasteiger partial charge in [-0.05, 0) is 12.1 Å². The lowest BCUT2D eigenvalue weighted by molar-refractivity contribution is -0.137. The van der Waals surface area contributed by atoms with E-state index in [-0.39, 0.29) is 41.2 Å². The third kappa shape index (κ3) is 4.22. The standard InChI is InChI=1S/C22H18F3N3O3/c23-22(24,25)14-6-7-15-17(10-14)27-20(13-4-2-1-3-5-13)16(19(15)21(30)31)11-28-9-8-26-18(29)12-28/h1-7,10H,8-9,11-12H2,(H,26,29)(H,30,31). The summed E-state index contributed by atoms with van der Waals surface area (Å²) in [6, 6.07) is 11.6. The van der Waals surface area contributed by atoms with Gasteiger partial charge in [-0.1, -0.05) is 36.4 Å². The van der Waals surface area contributed by atoms with E-state index in [1.807, 2.05) is 0 Å². The summed E-state index contributed by atoms with van der Waals surface area (Å²) in [5.41, 5.74) is 0.176. The molecule has 9 heteroatoms. The van der Waals surface area contributed by atoms with Crippen LogP contribution in [0.4, 0.5) is 13.2 Å². The summed E-state index contributed by atoms with van der Waals surface area (Å²) in [7, 11) is 0. The summed E-state index contributed by atoms with van der Waals surface area (Å²) in [5.74, 6) is -1.44. The quantitative estimate of drug-likeness (QED) is 0.663. The second kappa shape index (κ2) is 7.99. The fourth-order valence-corrected chi connectivity index (χ4v) is 3.76. The SMILES string of the molecule is O=C1CN(Cc2c(-c3ccccc3)nc3cc(C(F)(F)F)ccc3c2C(=O)O)CCN1. The highest BCUT2D eigenvalue weighted by Gasteiger charge is 2.32. The number of carbonyl (C=O) groups excluding carboxylic acids is 1. The van der Waals surface area contributed by atoms with Crippen LogP contribution >= 0.6 is 0 Å². The third-order valence-electron chi connectivity index (χ3n) is 5.17. The van der Waals surface area contributed by atoms with Crippen LogP contribution in [0.3, 0.4) is 0 Å². The van der Waals surface area contributed by atoms with Crippen molar-refractivity contribution in [2.75, 3.05) is 19.6 Å². The normalized spacial score (nSPS) is 15.1. The first-order valence-electron chi connectivity index (χ1n) is 9.55. The Balaban J connectivity index is 1.97. The summed E-state index contributed by atoms with van der Waals surface area (Å²) in [6.07, 6.45) is -4.58. The number of nitrogens with zero attached hydrogens (tertiary/aromatic N) is 2. The van der Waals surface area contributed by atoms with Gasteiger partial charge in [-0.3, -0.25) is 9.69 Å². The van der Waals surface area contributed by atoms with Crippen LogP contribution in [0.1, 0.15) is 21.5 Å². The molecule has 1 fully saturated rings. The van der Waals surface area contributed by atoms with Crippen LogP contribution in [0.2, 0.25) is 0 Å². The first kappa shape index (κ1) is 20.8. The number of halogens is 3. The Morgan fingerprint density at radius 2 is 1.90 bits per heavy atom. The van der Waals surface area contributed by atoms with Crippen LogP contribution in [-0.4, -0.2) is 46.5 Å². The van der Waals surface area contributed by atoms with Gasteiger partial charge in [0.1, 0.15) is 0 Å². The van der Waals surface area contributed by atoms with Crippen LogP contribution in [0.5, 0.6) is 0 Å². The zero-order chi connectivity index (χ0) is 22.2.